The van der Waals surface area contributed by atoms with Gasteiger partial charge in [0.1, 0.15) is 0 Å². The number of fused-ring (bicyclic) bond motifs is 1. The van der Waals surface area contributed by atoms with Gasteiger partial charge in [0, 0.05) is 38.7 Å². The molecule has 1 aromatic heterocycles. The number of para-hydroxylation sites is 1. The molecule has 0 aliphatic carbocycles. The van der Waals surface area contributed by atoms with Crippen molar-refractivity contribution in [3.05, 3.63) is 42.1 Å². The zero-order valence-electron chi connectivity index (χ0n) is 11.4. The lowest BCUT2D eigenvalue weighted by atomic mass is 10.2. The number of methoxy groups -OCH3 is 1. The van der Waals surface area contributed by atoms with Crippen LogP contribution in [0.4, 0.5) is 0 Å². The third kappa shape index (κ3) is 4.59. The van der Waals surface area contributed by atoms with Crippen LogP contribution in [-0.4, -0.2) is 38.3 Å². The van der Waals surface area contributed by atoms with Crippen molar-refractivity contribution in [1.29, 1.82) is 0 Å². The molecular formula is C15H21N3O. The standard InChI is InChI=1S/C15H21N3O/c1-19-11-10-16-8-9-17-12-14-7-6-13-4-2-3-5-15(13)18-14/h2-7,16-17H,8-12H2,1H3. The van der Waals surface area contributed by atoms with Crippen LogP contribution < -0.4 is 10.6 Å². The van der Waals surface area contributed by atoms with E-state index in [1.807, 2.05) is 18.2 Å². The summed E-state index contributed by atoms with van der Waals surface area (Å²) in [5.74, 6) is 0. The summed E-state index contributed by atoms with van der Waals surface area (Å²) in [5.41, 5.74) is 2.13. The lowest BCUT2D eigenvalue weighted by molar-refractivity contribution is 0.199. The van der Waals surface area contributed by atoms with Crippen LogP contribution in [0.1, 0.15) is 5.69 Å². The predicted molar refractivity (Wildman–Crippen MR) is 78.2 cm³/mol. The monoisotopic (exact) mass is 259 g/mol. The Bertz CT molecular complexity index is 501. The second kappa shape index (κ2) is 7.84. The first-order chi connectivity index (χ1) is 9.40. The van der Waals surface area contributed by atoms with Crippen molar-refractivity contribution in [3.8, 4) is 0 Å². The van der Waals surface area contributed by atoms with Gasteiger partial charge < -0.3 is 15.4 Å². The van der Waals surface area contributed by atoms with Gasteiger partial charge in [-0.25, -0.2) is 0 Å². The molecule has 0 aliphatic heterocycles. The number of aromatic nitrogens is 1. The van der Waals surface area contributed by atoms with Crippen LogP contribution in [0.15, 0.2) is 36.4 Å². The number of hydrogen-bond donors (Lipinski definition) is 2. The van der Waals surface area contributed by atoms with E-state index in [-0.39, 0.29) is 0 Å². The van der Waals surface area contributed by atoms with Crippen molar-refractivity contribution < 1.29 is 4.74 Å². The van der Waals surface area contributed by atoms with Crippen molar-refractivity contribution >= 4 is 10.9 Å². The van der Waals surface area contributed by atoms with Gasteiger partial charge in [0.25, 0.3) is 0 Å². The van der Waals surface area contributed by atoms with Crippen LogP contribution in [-0.2, 0) is 11.3 Å². The molecule has 0 amide bonds. The van der Waals surface area contributed by atoms with Crippen LogP contribution in [0.3, 0.4) is 0 Å². The summed E-state index contributed by atoms with van der Waals surface area (Å²) in [4.78, 5) is 4.62. The molecule has 102 valence electrons. The largest absolute Gasteiger partial charge is 0.383 e. The maximum atomic E-state index is 4.97. The van der Waals surface area contributed by atoms with E-state index < -0.39 is 0 Å². The maximum Gasteiger partial charge on any atom is 0.0705 e. The van der Waals surface area contributed by atoms with Crippen LogP contribution in [0.25, 0.3) is 10.9 Å². The van der Waals surface area contributed by atoms with E-state index in [0.29, 0.717) is 0 Å². The van der Waals surface area contributed by atoms with E-state index in [9.17, 15) is 0 Å². The molecule has 0 fully saturated rings. The minimum absolute atomic E-state index is 0.756. The van der Waals surface area contributed by atoms with E-state index >= 15 is 0 Å². The number of nitrogens with one attached hydrogen (secondary N) is 2. The molecule has 0 atom stereocenters. The number of ether oxygens (including phenoxy) is 1. The van der Waals surface area contributed by atoms with Crippen molar-refractivity contribution in [2.45, 2.75) is 6.54 Å². The lowest BCUT2D eigenvalue weighted by Gasteiger charge is -2.06. The Morgan fingerprint density at radius 1 is 1.00 bits per heavy atom. The summed E-state index contributed by atoms with van der Waals surface area (Å²) in [6.45, 7) is 4.32. The SMILES string of the molecule is COCCNCCNCc1ccc2ccccc2n1. The first-order valence-electron chi connectivity index (χ1n) is 6.65. The van der Waals surface area contributed by atoms with Gasteiger partial charge in [-0.3, -0.25) is 4.98 Å². The lowest BCUT2D eigenvalue weighted by Crippen LogP contribution is -2.29. The molecule has 0 saturated heterocycles. The average molecular weight is 259 g/mol. The normalized spacial score (nSPS) is 11.0. The minimum Gasteiger partial charge on any atom is -0.383 e. The molecule has 1 aromatic carbocycles. The summed E-state index contributed by atoms with van der Waals surface area (Å²) < 4.78 is 4.97. The van der Waals surface area contributed by atoms with Gasteiger partial charge in [-0.1, -0.05) is 24.3 Å². The van der Waals surface area contributed by atoms with E-state index in [2.05, 4.69) is 33.8 Å². The molecule has 0 bridgehead atoms. The van der Waals surface area contributed by atoms with E-state index in [4.69, 9.17) is 4.74 Å². The fraction of sp³-hybridized carbons (Fsp3) is 0.400. The first kappa shape index (κ1) is 13.9. The summed E-state index contributed by atoms with van der Waals surface area (Å²) in [7, 11) is 1.71. The van der Waals surface area contributed by atoms with E-state index in [1.54, 1.807) is 7.11 Å². The number of benzene rings is 1. The molecule has 0 spiro atoms. The zero-order chi connectivity index (χ0) is 13.3. The molecule has 4 heteroatoms. The molecule has 19 heavy (non-hydrogen) atoms. The molecule has 0 unspecified atom stereocenters. The van der Waals surface area contributed by atoms with Crippen LogP contribution >= 0.6 is 0 Å². The van der Waals surface area contributed by atoms with Gasteiger partial charge in [-0.2, -0.15) is 0 Å². The minimum atomic E-state index is 0.756. The quantitative estimate of drug-likeness (QED) is 0.706. The summed E-state index contributed by atoms with van der Waals surface area (Å²) in [6.07, 6.45) is 0. The van der Waals surface area contributed by atoms with E-state index in [0.717, 1.165) is 44.0 Å². The third-order valence-electron chi connectivity index (χ3n) is 2.92. The second-order valence-electron chi connectivity index (χ2n) is 4.41. The second-order valence-corrected chi connectivity index (χ2v) is 4.41. The fourth-order valence-corrected chi connectivity index (χ4v) is 1.90. The molecule has 0 radical (unpaired) electrons. The summed E-state index contributed by atoms with van der Waals surface area (Å²) in [5, 5.41) is 7.86. The molecule has 2 N–H and O–H groups in total. The maximum absolute atomic E-state index is 4.97. The topological polar surface area (TPSA) is 46.2 Å². The Hall–Kier alpha value is -1.49. The number of pyridine rings is 1. The van der Waals surface area contributed by atoms with Gasteiger partial charge >= 0.3 is 0 Å². The predicted octanol–water partition coefficient (Wildman–Crippen LogP) is 1.56. The Balaban J connectivity index is 1.72. The summed E-state index contributed by atoms with van der Waals surface area (Å²) >= 11 is 0. The Labute approximate surface area is 114 Å². The van der Waals surface area contributed by atoms with E-state index in [1.165, 1.54) is 5.39 Å². The van der Waals surface area contributed by atoms with Crippen LogP contribution in [0.2, 0.25) is 0 Å². The summed E-state index contributed by atoms with van der Waals surface area (Å²) in [6, 6.07) is 12.4. The number of hydrogen-bond acceptors (Lipinski definition) is 4. The molecule has 0 saturated carbocycles. The third-order valence-corrected chi connectivity index (χ3v) is 2.92. The van der Waals surface area contributed by atoms with Gasteiger partial charge in [0.2, 0.25) is 0 Å². The van der Waals surface area contributed by atoms with Gasteiger partial charge in [-0.05, 0) is 12.1 Å². The van der Waals surface area contributed by atoms with Crippen molar-refractivity contribution in [1.82, 2.24) is 15.6 Å². The molecule has 1 heterocycles. The highest BCUT2D eigenvalue weighted by molar-refractivity contribution is 5.78. The Kier molecular flexibility index (Phi) is 5.75. The van der Waals surface area contributed by atoms with Gasteiger partial charge in [-0.15, -0.1) is 0 Å². The highest BCUT2D eigenvalue weighted by Crippen LogP contribution is 2.11. The smallest absolute Gasteiger partial charge is 0.0705 e. The van der Waals surface area contributed by atoms with Crippen LogP contribution in [0.5, 0.6) is 0 Å². The van der Waals surface area contributed by atoms with Crippen molar-refractivity contribution in [2.24, 2.45) is 0 Å². The molecule has 2 rings (SSSR count). The Morgan fingerprint density at radius 3 is 2.74 bits per heavy atom. The highest BCUT2D eigenvalue weighted by atomic mass is 16.5. The van der Waals surface area contributed by atoms with Gasteiger partial charge in [0.15, 0.2) is 0 Å². The van der Waals surface area contributed by atoms with Crippen molar-refractivity contribution in [2.75, 3.05) is 33.4 Å². The highest BCUT2D eigenvalue weighted by Gasteiger charge is 1.97. The molecule has 4 nitrogen and oxygen atoms in total. The number of rotatable bonds is 8. The molecule has 2 aromatic rings. The van der Waals surface area contributed by atoms with Crippen LogP contribution in [0, 0.1) is 0 Å². The Morgan fingerprint density at radius 2 is 1.84 bits per heavy atom. The average Bonchev–Trinajstić information content (AvgIpc) is 2.46. The first-order valence-corrected chi connectivity index (χ1v) is 6.65. The van der Waals surface area contributed by atoms with Crippen molar-refractivity contribution in [3.63, 3.8) is 0 Å². The molecular weight excluding hydrogens is 238 g/mol. The zero-order valence-corrected chi connectivity index (χ0v) is 11.4. The van der Waals surface area contributed by atoms with Gasteiger partial charge in [0.05, 0.1) is 17.8 Å². The number of nitrogens with zero attached hydrogens (tertiary/aromatic N) is 1. The fourth-order valence-electron chi connectivity index (χ4n) is 1.90. The molecule has 0 aliphatic rings.